The zero-order valence-electron chi connectivity index (χ0n) is 10.6. The Labute approximate surface area is 105 Å². The van der Waals surface area contributed by atoms with E-state index < -0.39 is 5.82 Å². The first kappa shape index (κ1) is 14.2. The van der Waals surface area contributed by atoms with Crippen molar-refractivity contribution < 1.29 is 18.7 Å². The Morgan fingerprint density at radius 2 is 2.11 bits per heavy atom. The molecule has 0 atom stereocenters. The second kappa shape index (κ2) is 6.14. The van der Waals surface area contributed by atoms with E-state index in [4.69, 9.17) is 4.74 Å². The molecule has 1 aromatic rings. The molecule has 0 saturated heterocycles. The van der Waals surface area contributed by atoms with Crippen LogP contribution in [-0.4, -0.2) is 36.8 Å². The number of hydrogen-bond acceptors (Lipinski definition) is 3. The minimum absolute atomic E-state index is 0.0687. The zero-order chi connectivity index (χ0) is 13.7. The maximum Gasteiger partial charge on any atom is 0.260 e. The van der Waals surface area contributed by atoms with Crippen LogP contribution in [0.2, 0.25) is 0 Å². The molecule has 0 bridgehead atoms. The van der Waals surface area contributed by atoms with Gasteiger partial charge in [0.1, 0.15) is 17.9 Å². The highest BCUT2D eigenvalue weighted by atomic mass is 19.1. The first-order valence-corrected chi connectivity index (χ1v) is 5.58. The molecule has 0 radical (unpaired) electrons. The van der Waals surface area contributed by atoms with E-state index in [9.17, 15) is 14.0 Å². The van der Waals surface area contributed by atoms with Gasteiger partial charge in [0.25, 0.3) is 5.91 Å². The molecule has 0 N–H and O–H groups in total. The fraction of sp³-hybridized carbons (Fsp3) is 0.385. The average Bonchev–Trinajstić information content (AvgIpc) is 2.34. The monoisotopic (exact) mass is 253 g/mol. The third-order valence-corrected chi connectivity index (χ3v) is 2.56. The van der Waals surface area contributed by atoms with Crippen molar-refractivity contribution in [2.45, 2.75) is 19.9 Å². The van der Waals surface area contributed by atoms with E-state index in [1.165, 1.54) is 11.0 Å². The molecule has 1 rings (SSSR count). The molecule has 0 fully saturated rings. The number of halogens is 1. The van der Waals surface area contributed by atoms with Crippen LogP contribution >= 0.6 is 0 Å². The van der Waals surface area contributed by atoms with Gasteiger partial charge in [-0.25, -0.2) is 4.39 Å². The minimum atomic E-state index is -0.570. The van der Waals surface area contributed by atoms with Crippen LogP contribution in [0.4, 0.5) is 4.39 Å². The Hall–Kier alpha value is -1.91. The lowest BCUT2D eigenvalue weighted by molar-refractivity contribution is -0.133. The lowest BCUT2D eigenvalue weighted by atomic mass is 10.2. The molecule has 0 aromatic heterocycles. The Kier molecular flexibility index (Phi) is 4.83. The highest BCUT2D eigenvalue weighted by Crippen LogP contribution is 2.15. The van der Waals surface area contributed by atoms with Crippen molar-refractivity contribution in [3.63, 3.8) is 0 Å². The van der Waals surface area contributed by atoms with Gasteiger partial charge in [-0.3, -0.25) is 9.59 Å². The maximum absolute atomic E-state index is 13.1. The van der Waals surface area contributed by atoms with Crippen molar-refractivity contribution >= 4 is 12.2 Å². The number of hydrogen-bond donors (Lipinski definition) is 0. The van der Waals surface area contributed by atoms with E-state index in [1.54, 1.807) is 7.05 Å². The van der Waals surface area contributed by atoms with Crippen molar-refractivity contribution in [1.29, 1.82) is 0 Å². The molecule has 1 aromatic carbocycles. The first-order valence-electron chi connectivity index (χ1n) is 5.58. The quantitative estimate of drug-likeness (QED) is 0.753. The van der Waals surface area contributed by atoms with E-state index in [1.807, 2.05) is 13.8 Å². The van der Waals surface area contributed by atoms with Crippen LogP contribution in [0.5, 0.6) is 5.75 Å². The van der Waals surface area contributed by atoms with Crippen LogP contribution in [0.1, 0.15) is 24.2 Å². The highest BCUT2D eigenvalue weighted by molar-refractivity contribution is 5.78. The van der Waals surface area contributed by atoms with Crippen molar-refractivity contribution in [1.82, 2.24) is 4.90 Å². The summed E-state index contributed by atoms with van der Waals surface area (Å²) < 4.78 is 18.3. The topological polar surface area (TPSA) is 46.6 Å². The molecule has 0 aliphatic rings. The second-order valence-corrected chi connectivity index (χ2v) is 4.23. The fourth-order valence-electron chi connectivity index (χ4n) is 1.27. The summed E-state index contributed by atoms with van der Waals surface area (Å²) in [6.07, 6.45) is 0.526. The van der Waals surface area contributed by atoms with Crippen molar-refractivity contribution in [2.75, 3.05) is 13.7 Å². The van der Waals surface area contributed by atoms with Gasteiger partial charge in [-0.15, -0.1) is 0 Å². The molecule has 0 aliphatic carbocycles. The number of ether oxygens (including phenoxy) is 1. The summed E-state index contributed by atoms with van der Waals surface area (Å²) in [5, 5.41) is 0. The van der Waals surface area contributed by atoms with Gasteiger partial charge in [0.15, 0.2) is 6.61 Å². The summed E-state index contributed by atoms with van der Waals surface area (Å²) >= 11 is 0. The third kappa shape index (κ3) is 3.84. The summed E-state index contributed by atoms with van der Waals surface area (Å²) in [7, 11) is 1.67. The first-order chi connectivity index (χ1) is 8.43. The lowest BCUT2D eigenvalue weighted by Crippen LogP contribution is -2.36. The van der Waals surface area contributed by atoms with Gasteiger partial charge in [-0.1, -0.05) is 0 Å². The van der Waals surface area contributed by atoms with Crippen LogP contribution < -0.4 is 4.74 Å². The number of amides is 1. The number of benzene rings is 1. The minimum Gasteiger partial charge on any atom is -0.484 e. The average molecular weight is 253 g/mol. The van der Waals surface area contributed by atoms with Gasteiger partial charge < -0.3 is 9.64 Å². The normalized spacial score (nSPS) is 10.3. The molecule has 98 valence electrons. The van der Waals surface area contributed by atoms with E-state index >= 15 is 0 Å². The summed E-state index contributed by atoms with van der Waals surface area (Å²) in [6, 6.07) is 3.69. The number of nitrogens with zero attached hydrogens (tertiary/aromatic N) is 1. The number of rotatable bonds is 5. The molecule has 5 heteroatoms. The molecule has 0 aliphatic heterocycles. The summed E-state index contributed by atoms with van der Waals surface area (Å²) in [4.78, 5) is 23.7. The standard InChI is InChI=1S/C13H16FNO3/c1-9(2)15(3)13(17)8-18-12-5-10(7-16)4-11(14)6-12/h4-7,9H,8H2,1-3H3. The summed E-state index contributed by atoms with van der Waals surface area (Å²) in [6.45, 7) is 3.57. The van der Waals surface area contributed by atoms with Crippen LogP contribution in [0.15, 0.2) is 18.2 Å². The summed E-state index contributed by atoms with van der Waals surface area (Å²) in [5.41, 5.74) is 0.176. The second-order valence-electron chi connectivity index (χ2n) is 4.23. The largest absolute Gasteiger partial charge is 0.484 e. The molecule has 1 amide bonds. The van der Waals surface area contributed by atoms with Gasteiger partial charge in [0, 0.05) is 24.7 Å². The van der Waals surface area contributed by atoms with Gasteiger partial charge in [-0.05, 0) is 26.0 Å². The van der Waals surface area contributed by atoms with Crippen LogP contribution in [0.3, 0.4) is 0 Å². The number of aldehydes is 1. The predicted molar refractivity (Wildman–Crippen MR) is 65.2 cm³/mol. The molecule has 0 saturated carbocycles. The van der Waals surface area contributed by atoms with E-state index in [0.29, 0.717) is 6.29 Å². The zero-order valence-corrected chi connectivity index (χ0v) is 10.6. The molecule has 0 spiro atoms. The molecular formula is C13H16FNO3. The molecule has 0 heterocycles. The van der Waals surface area contributed by atoms with Gasteiger partial charge >= 0.3 is 0 Å². The molecular weight excluding hydrogens is 237 g/mol. The molecule has 0 unspecified atom stereocenters. The lowest BCUT2D eigenvalue weighted by Gasteiger charge is -2.21. The van der Waals surface area contributed by atoms with E-state index in [0.717, 1.165) is 12.1 Å². The van der Waals surface area contributed by atoms with E-state index in [2.05, 4.69) is 0 Å². The van der Waals surface area contributed by atoms with Crippen molar-refractivity contribution in [2.24, 2.45) is 0 Å². The Morgan fingerprint density at radius 1 is 1.44 bits per heavy atom. The van der Waals surface area contributed by atoms with Crippen molar-refractivity contribution in [3.8, 4) is 5.75 Å². The Morgan fingerprint density at radius 3 is 2.67 bits per heavy atom. The Bertz CT molecular complexity index is 446. The van der Waals surface area contributed by atoms with E-state index in [-0.39, 0.29) is 29.9 Å². The highest BCUT2D eigenvalue weighted by Gasteiger charge is 2.12. The third-order valence-electron chi connectivity index (χ3n) is 2.56. The summed E-state index contributed by atoms with van der Waals surface area (Å²) in [5.74, 6) is -0.608. The van der Waals surface area contributed by atoms with Crippen LogP contribution in [0, 0.1) is 5.82 Å². The van der Waals surface area contributed by atoms with Crippen LogP contribution in [0.25, 0.3) is 0 Å². The number of carbonyl (C=O) groups is 2. The maximum atomic E-state index is 13.1. The number of likely N-dealkylation sites (N-methyl/N-ethyl adjacent to an activating group) is 1. The molecule has 4 nitrogen and oxygen atoms in total. The Balaban J connectivity index is 2.66. The van der Waals surface area contributed by atoms with Crippen molar-refractivity contribution in [3.05, 3.63) is 29.6 Å². The number of carbonyl (C=O) groups excluding carboxylic acids is 2. The fourth-order valence-corrected chi connectivity index (χ4v) is 1.27. The van der Waals surface area contributed by atoms with Gasteiger partial charge in [0.05, 0.1) is 0 Å². The smallest absolute Gasteiger partial charge is 0.260 e. The molecule has 18 heavy (non-hydrogen) atoms. The SMILES string of the molecule is CC(C)N(C)C(=O)COc1cc(F)cc(C=O)c1. The van der Waals surface area contributed by atoms with Gasteiger partial charge in [-0.2, -0.15) is 0 Å². The predicted octanol–water partition coefficient (Wildman–Crippen LogP) is 1.88. The van der Waals surface area contributed by atoms with Gasteiger partial charge in [0.2, 0.25) is 0 Å². The van der Waals surface area contributed by atoms with Crippen LogP contribution in [-0.2, 0) is 4.79 Å².